The van der Waals surface area contributed by atoms with Gasteiger partial charge in [0.15, 0.2) is 0 Å². The van der Waals surface area contributed by atoms with E-state index in [0.29, 0.717) is 18.7 Å². The molecular formula is C24H27F3N2O3. The highest BCUT2D eigenvalue weighted by molar-refractivity contribution is 6.04. The number of ether oxygens (including phenoxy) is 1. The van der Waals surface area contributed by atoms with Crippen molar-refractivity contribution >= 4 is 17.7 Å². The minimum absolute atomic E-state index is 0.0452. The van der Waals surface area contributed by atoms with E-state index in [1.165, 1.54) is 12.1 Å². The first-order chi connectivity index (χ1) is 14.8. The van der Waals surface area contributed by atoms with E-state index in [9.17, 15) is 22.8 Å². The highest BCUT2D eigenvalue weighted by Gasteiger charge is 2.32. The number of hydrogen-bond acceptors (Lipinski definition) is 3. The fourth-order valence-electron chi connectivity index (χ4n) is 3.70. The summed E-state index contributed by atoms with van der Waals surface area (Å²) >= 11 is 0. The van der Waals surface area contributed by atoms with Gasteiger partial charge in [0.25, 0.3) is 5.91 Å². The predicted octanol–water partition coefficient (Wildman–Crippen LogP) is 5.99. The molecule has 1 saturated heterocycles. The molecule has 1 atom stereocenters. The van der Waals surface area contributed by atoms with E-state index in [1.807, 2.05) is 33.8 Å². The van der Waals surface area contributed by atoms with Crippen LogP contribution in [0.4, 0.5) is 23.7 Å². The molecule has 5 nitrogen and oxygen atoms in total. The van der Waals surface area contributed by atoms with E-state index in [-0.39, 0.29) is 17.7 Å². The molecule has 0 aromatic heterocycles. The van der Waals surface area contributed by atoms with Gasteiger partial charge in [-0.05, 0) is 75.6 Å². The van der Waals surface area contributed by atoms with Crippen molar-refractivity contribution in [3.05, 3.63) is 64.7 Å². The van der Waals surface area contributed by atoms with Crippen LogP contribution in [0.1, 0.15) is 60.2 Å². The quantitative estimate of drug-likeness (QED) is 0.627. The average molecular weight is 448 g/mol. The second-order valence-corrected chi connectivity index (χ2v) is 9.02. The second kappa shape index (κ2) is 8.84. The number of carbonyl (C=O) groups excluding carboxylic acids is 2. The van der Waals surface area contributed by atoms with Gasteiger partial charge in [0.05, 0.1) is 5.56 Å². The van der Waals surface area contributed by atoms with Crippen molar-refractivity contribution in [1.82, 2.24) is 4.90 Å². The van der Waals surface area contributed by atoms with Gasteiger partial charge in [-0.3, -0.25) is 4.79 Å². The maximum absolute atomic E-state index is 12.9. The van der Waals surface area contributed by atoms with Crippen molar-refractivity contribution in [2.45, 2.75) is 51.8 Å². The Bertz CT molecular complexity index is 1010. The summed E-state index contributed by atoms with van der Waals surface area (Å²) < 4.78 is 44.2. The number of rotatable bonds is 3. The molecule has 0 bridgehead atoms. The smallest absolute Gasteiger partial charge is 0.416 e. The minimum Gasteiger partial charge on any atom is -0.444 e. The third kappa shape index (κ3) is 5.81. The number of carbonyl (C=O) groups is 2. The number of amides is 2. The molecule has 1 aliphatic rings. The third-order valence-corrected chi connectivity index (χ3v) is 5.27. The van der Waals surface area contributed by atoms with Crippen molar-refractivity contribution in [3.8, 4) is 0 Å². The summed E-state index contributed by atoms with van der Waals surface area (Å²) in [4.78, 5) is 26.7. The number of anilines is 1. The number of aryl methyl sites for hydroxylation is 1. The van der Waals surface area contributed by atoms with Gasteiger partial charge in [0.1, 0.15) is 5.60 Å². The summed E-state index contributed by atoms with van der Waals surface area (Å²) in [6.07, 6.45) is -4.12. The monoisotopic (exact) mass is 448 g/mol. The molecule has 1 heterocycles. The third-order valence-electron chi connectivity index (χ3n) is 5.27. The summed E-state index contributed by atoms with van der Waals surface area (Å²) in [5, 5.41) is 2.54. The zero-order valence-electron chi connectivity index (χ0n) is 18.5. The van der Waals surface area contributed by atoms with E-state index in [1.54, 1.807) is 17.0 Å². The molecule has 1 N–H and O–H groups in total. The molecule has 2 amide bonds. The molecule has 1 aliphatic heterocycles. The summed E-state index contributed by atoms with van der Waals surface area (Å²) in [7, 11) is 0. The zero-order valence-corrected chi connectivity index (χ0v) is 18.5. The molecule has 2 aromatic carbocycles. The van der Waals surface area contributed by atoms with Crippen LogP contribution in [0.15, 0.2) is 42.5 Å². The Morgan fingerprint density at radius 3 is 2.47 bits per heavy atom. The normalized spacial score (nSPS) is 16.7. The van der Waals surface area contributed by atoms with Crippen molar-refractivity contribution in [1.29, 1.82) is 0 Å². The number of nitrogens with zero attached hydrogens (tertiary/aromatic N) is 1. The Morgan fingerprint density at radius 1 is 1.09 bits per heavy atom. The van der Waals surface area contributed by atoms with Crippen LogP contribution in [0.3, 0.4) is 0 Å². The molecule has 1 fully saturated rings. The summed E-state index contributed by atoms with van der Waals surface area (Å²) in [6.45, 7) is 8.41. The first-order valence-electron chi connectivity index (χ1n) is 10.4. The van der Waals surface area contributed by atoms with Crippen LogP contribution < -0.4 is 5.32 Å². The first-order valence-corrected chi connectivity index (χ1v) is 10.4. The lowest BCUT2D eigenvalue weighted by Gasteiger charge is -2.24. The molecule has 8 heteroatoms. The molecule has 0 saturated carbocycles. The Kier molecular flexibility index (Phi) is 6.53. The lowest BCUT2D eigenvalue weighted by Crippen LogP contribution is -2.35. The fraction of sp³-hybridized carbons (Fsp3) is 0.417. The van der Waals surface area contributed by atoms with Crippen molar-refractivity contribution < 1.29 is 27.5 Å². The van der Waals surface area contributed by atoms with Crippen LogP contribution in [-0.4, -0.2) is 35.6 Å². The van der Waals surface area contributed by atoms with Crippen molar-refractivity contribution in [2.75, 3.05) is 18.4 Å². The zero-order chi connectivity index (χ0) is 23.7. The van der Waals surface area contributed by atoms with E-state index < -0.39 is 23.2 Å². The molecule has 3 rings (SSSR count). The second-order valence-electron chi connectivity index (χ2n) is 9.02. The molecule has 2 aromatic rings. The maximum Gasteiger partial charge on any atom is 0.416 e. The number of likely N-dealkylation sites (tertiary alicyclic amines) is 1. The van der Waals surface area contributed by atoms with E-state index in [2.05, 4.69) is 5.32 Å². The van der Waals surface area contributed by atoms with Gasteiger partial charge < -0.3 is 15.0 Å². The molecule has 0 spiro atoms. The number of nitrogens with one attached hydrogen (secondary N) is 1. The predicted molar refractivity (Wildman–Crippen MR) is 116 cm³/mol. The first kappa shape index (κ1) is 23.6. The van der Waals surface area contributed by atoms with Crippen LogP contribution in [0, 0.1) is 6.92 Å². The van der Waals surface area contributed by atoms with Crippen LogP contribution in [0.5, 0.6) is 0 Å². The topological polar surface area (TPSA) is 58.6 Å². The summed E-state index contributed by atoms with van der Waals surface area (Å²) in [5.74, 6) is -0.448. The number of benzene rings is 2. The van der Waals surface area contributed by atoms with Crippen molar-refractivity contribution in [2.24, 2.45) is 0 Å². The van der Waals surface area contributed by atoms with Gasteiger partial charge in [0, 0.05) is 30.3 Å². The van der Waals surface area contributed by atoms with Crippen molar-refractivity contribution in [3.63, 3.8) is 0 Å². The SMILES string of the molecule is Cc1ccc(C(=O)Nc2cccc(C(F)(F)F)c2)cc1C1CCN(C(=O)OC(C)(C)C)C1. The van der Waals surface area contributed by atoms with E-state index in [0.717, 1.165) is 29.7 Å². The highest BCUT2D eigenvalue weighted by Crippen LogP contribution is 2.32. The van der Waals surface area contributed by atoms with Gasteiger partial charge in [-0.25, -0.2) is 4.79 Å². The molecule has 0 radical (unpaired) electrons. The minimum atomic E-state index is -4.49. The van der Waals surface area contributed by atoms with Crippen LogP contribution >= 0.6 is 0 Å². The average Bonchev–Trinajstić information content (AvgIpc) is 3.17. The van der Waals surface area contributed by atoms with Gasteiger partial charge >= 0.3 is 12.3 Å². The van der Waals surface area contributed by atoms with Gasteiger partial charge in [0.2, 0.25) is 0 Å². The van der Waals surface area contributed by atoms with Gasteiger partial charge in [-0.2, -0.15) is 13.2 Å². The Hall–Kier alpha value is -3.03. The lowest BCUT2D eigenvalue weighted by atomic mass is 9.92. The van der Waals surface area contributed by atoms with E-state index >= 15 is 0 Å². The van der Waals surface area contributed by atoms with Crippen LogP contribution in [0.25, 0.3) is 0 Å². The number of alkyl halides is 3. The highest BCUT2D eigenvalue weighted by atomic mass is 19.4. The molecule has 1 unspecified atom stereocenters. The van der Waals surface area contributed by atoms with Gasteiger partial charge in [-0.15, -0.1) is 0 Å². The maximum atomic E-state index is 12.9. The van der Waals surface area contributed by atoms with E-state index in [4.69, 9.17) is 4.74 Å². The van der Waals surface area contributed by atoms with Crippen LogP contribution in [0.2, 0.25) is 0 Å². The Labute approximate surface area is 185 Å². The molecule has 32 heavy (non-hydrogen) atoms. The summed E-state index contributed by atoms with van der Waals surface area (Å²) in [5.41, 5.74) is 0.937. The Balaban J connectivity index is 1.74. The summed E-state index contributed by atoms with van der Waals surface area (Å²) in [6, 6.07) is 9.73. The number of halogens is 3. The number of hydrogen-bond donors (Lipinski definition) is 1. The largest absolute Gasteiger partial charge is 0.444 e. The lowest BCUT2D eigenvalue weighted by molar-refractivity contribution is -0.137. The molecular weight excluding hydrogens is 421 g/mol. The molecule has 172 valence electrons. The molecule has 0 aliphatic carbocycles. The standard InChI is InChI=1S/C24H27F3N2O3/c1-15-8-9-16(21(30)28-19-7-5-6-18(13-19)24(25,26)27)12-20(15)17-10-11-29(14-17)22(31)32-23(2,3)4/h5-9,12-13,17H,10-11,14H2,1-4H3,(H,28,30). The Morgan fingerprint density at radius 2 is 1.81 bits per heavy atom. The van der Waals surface area contributed by atoms with Gasteiger partial charge in [-0.1, -0.05) is 12.1 Å². The fourth-order valence-corrected chi connectivity index (χ4v) is 3.70. The van der Waals surface area contributed by atoms with Crippen LogP contribution in [-0.2, 0) is 10.9 Å².